The van der Waals surface area contributed by atoms with Crippen LogP contribution in [0.15, 0.2) is 41.5 Å². The van der Waals surface area contributed by atoms with Crippen molar-refractivity contribution in [2.75, 3.05) is 27.4 Å². The number of fused-ring (bicyclic) bond motifs is 1. The smallest absolute Gasteiger partial charge is 0.284 e. The van der Waals surface area contributed by atoms with Crippen molar-refractivity contribution in [2.45, 2.75) is 6.10 Å². The number of methoxy groups -OCH3 is 2. The second-order valence-electron chi connectivity index (χ2n) is 6.11. The summed E-state index contributed by atoms with van der Waals surface area (Å²) in [5.41, 5.74) is 8.08. The Balaban J connectivity index is 1.67. The molecular weight excluding hydrogens is 394 g/mol. The second kappa shape index (κ2) is 9.50. The fourth-order valence-corrected chi connectivity index (χ4v) is 2.65. The van der Waals surface area contributed by atoms with Crippen molar-refractivity contribution in [3.05, 3.63) is 42.0 Å². The van der Waals surface area contributed by atoms with Crippen LogP contribution in [0.2, 0.25) is 0 Å². The zero-order chi connectivity index (χ0) is 21.5. The summed E-state index contributed by atoms with van der Waals surface area (Å²) in [5.74, 6) is 0.835. The van der Waals surface area contributed by atoms with Crippen molar-refractivity contribution in [1.82, 2.24) is 5.43 Å². The fourth-order valence-electron chi connectivity index (χ4n) is 2.65. The van der Waals surface area contributed by atoms with Gasteiger partial charge in [0, 0.05) is 5.56 Å². The van der Waals surface area contributed by atoms with E-state index in [1.165, 1.54) is 20.4 Å². The number of nitrogens with two attached hydrogens (primary N) is 1. The van der Waals surface area contributed by atoms with Crippen LogP contribution < -0.4 is 34.8 Å². The number of ether oxygens (including phenoxy) is 5. The average molecular weight is 415 g/mol. The van der Waals surface area contributed by atoms with Crippen molar-refractivity contribution in [1.29, 1.82) is 0 Å². The molecule has 1 heterocycles. The highest BCUT2D eigenvalue weighted by Crippen LogP contribution is 2.38. The largest absolute Gasteiger partial charge is 0.493 e. The van der Waals surface area contributed by atoms with E-state index in [1.807, 2.05) is 6.07 Å². The van der Waals surface area contributed by atoms with Crippen LogP contribution in [0, 0.1) is 0 Å². The Hall–Kier alpha value is -3.95. The summed E-state index contributed by atoms with van der Waals surface area (Å²) in [4.78, 5) is 23.3. The molecule has 0 aliphatic carbocycles. The molecular formula is C20H21N3O7. The van der Waals surface area contributed by atoms with Crippen LogP contribution in [0.25, 0.3) is 0 Å². The average Bonchev–Trinajstić information content (AvgIpc) is 2.76. The molecule has 1 aliphatic heterocycles. The molecule has 2 amide bonds. The number of primary amides is 1. The number of para-hydroxylation sites is 2. The normalized spacial score (nSPS) is 14.8. The summed E-state index contributed by atoms with van der Waals surface area (Å²) in [6.45, 7) is -0.255. The van der Waals surface area contributed by atoms with Gasteiger partial charge in [0.1, 0.15) is 6.61 Å². The lowest BCUT2D eigenvalue weighted by atomic mass is 10.2. The summed E-state index contributed by atoms with van der Waals surface area (Å²) in [6, 6.07) is 10.3. The van der Waals surface area contributed by atoms with Crippen LogP contribution in [-0.4, -0.2) is 51.6 Å². The van der Waals surface area contributed by atoms with Gasteiger partial charge in [-0.3, -0.25) is 9.59 Å². The van der Waals surface area contributed by atoms with Crippen molar-refractivity contribution in [2.24, 2.45) is 10.8 Å². The lowest BCUT2D eigenvalue weighted by Crippen LogP contribution is -2.42. The highest BCUT2D eigenvalue weighted by Gasteiger charge is 2.27. The number of carbonyl (C=O) groups excluding carboxylic acids is 2. The minimum Gasteiger partial charge on any atom is -0.493 e. The third-order valence-electron chi connectivity index (χ3n) is 4.03. The van der Waals surface area contributed by atoms with E-state index in [-0.39, 0.29) is 19.0 Å². The maximum absolute atomic E-state index is 12.3. The van der Waals surface area contributed by atoms with Crippen LogP contribution >= 0.6 is 0 Å². The molecule has 0 unspecified atom stereocenters. The van der Waals surface area contributed by atoms with Crippen LogP contribution in [0.5, 0.6) is 28.7 Å². The van der Waals surface area contributed by atoms with E-state index in [9.17, 15) is 9.59 Å². The minimum atomic E-state index is -0.828. The first-order valence-electron chi connectivity index (χ1n) is 8.90. The van der Waals surface area contributed by atoms with Crippen LogP contribution in [0.1, 0.15) is 5.56 Å². The predicted octanol–water partition coefficient (Wildman–Crippen LogP) is 0.858. The summed E-state index contributed by atoms with van der Waals surface area (Å²) in [5, 5.41) is 3.94. The molecule has 0 aromatic heterocycles. The fraction of sp³-hybridized carbons (Fsp3) is 0.250. The van der Waals surface area contributed by atoms with E-state index >= 15 is 0 Å². The molecule has 3 N–H and O–H groups in total. The number of benzene rings is 2. The van der Waals surface area contributed by atoms with Gasteiger partial charge in [-0.15, -0.1) is 0 Å². The Kier molecular flexibility index (Phi) is 6.58. The Labute approximate surface area is 172 Å². The monoisotopic (exact) mass is 415 g/mol. The SMILES string of the molecule is COc1cc(/C=N\NC(=O)[C@H]2COc3ccccc3O2)cc(OC)c1OCC(N)=O. The minimum absolute atomic E-state index is 0.0753. The molecule has 2 aromatic carbocycles. The molecule has 1 atom stereocenters. The lowest BCUT2D eigenvalue weighted by molar-refractivity contribution is -0.130. The molecule has 0 fully saturated rings. The summed E-state index contributed by atoms with van der Waals surface area (Å²) >= 11 is 0. The van der Waals surface area contributed by atoms with Gasteiger partial charge in [-0.25, -0.2) is 5.43 Å². The highest BCUT2D eigenvalue weighted by atomic mass is 16.6. The summed E-state index contributed by atoms with van der Waals surface area (Å²) < 4.78 is 27.0. The predicted molar refractivity (Wildman–Crippen MR) is 106 cm³/mol. The molecule has 158 valence electrons. The Morgan fingerprint density at radius 3 is 2.50 bits per heavy atom. The molecule has 0 radical (unpaired) electrons. The van der Waals surface area contributed by atoms with Gasteiger partial charge >= 0.3 is 0 Å². The zero-order valence-electron chi connectivity index (χ0n) is 16.4. The van der Waals surface area contributed by atoms with Gasteiger partial charge in [0.2, 0.25) is 11.9 Å². The molecule has 10 nitrogen and oxygen atoms in total. The first kappa shape index (κ1) is 20.8. The number of hydrazone groups is 1. The van der Waals surface area contributed by atoms with E-state index in [0.717, 1.165) is 0 Å². The molecule has 2 aromatic rings. The number of carbonyl (C=O) groups is 2. The molecule has 1 aliphatic rings. The number of nitrogens with zero attached hydrogens (tertiary/aromatic N) is 1. The lowest BCUT2D eigenvalue weighted by Gasteiger charge is -2.24. The summed E-state index contributed by atoms with van der Waals surface area (Å²) in [7, 11) is 2.87. The molecule has 3 rings (SSSR count). The molecule has 0 saturated heterocycles. The number of rotatable bonds is 8. The highest BCUT2D eigenvalue weighted by molar-refractivity contribution is 5.86. The van der Waals surface area contributed by atoms with Crippen molar-refractivity contribution >= 4 is 18.0 Å². The Morgan fingerprint density at radius 1 is 1.20 bits per heavy atom. The van der Waals surface area contributed by atoms with Gasteiger partial charge in [-0.05, 0) is 24.3 Å². The van der Waals surface area contributed by atoms with Gasteiger partial charge in [0.05, 0.1) is 20.4 Å². The molecule has 30 heavy (non-hydrogen) atoms. The van der Waals surface area contributed by atoms with Gasteiger partial charge in [0.15, 0.2) is 29.6 Å². The molecule has 0 saturated carbocycles. The van der Waals surface area contributed by atoms with E-state index in [4.69, 9.17) is 29.4 Å². The summed E-state index contributed by atoms with van der Waals surface area (Å²) in [6.07, 6.45) is 0.573. The van der Waals surface area contributed by atoms with E-state index in [1.54, 1.807) is 30.3 Å². The number of amides is 2. The molecule has 0 bridgehead atoms. The van der Waals surface area contributed by atoms with Crippen molar-refractivity contribution < 1.29 is 33.3 Å². The molecule has 0 spiro atoms. The second-order valence-corrected chi connectivity index (χ2v) is 6.11. The zero-order valence-corrected chi connectivity index (χ0v) is 16.4. The van der Waals surface area contributed by atoms with Crippen LogP contribution in [0.4, 0.5) is 0 Å². The van der Waals surface area contributed by atoms with Crippen LogP contribution in [-0.2, 0) is 9.59 Å². The first-order valence-corrected chi connectivity index (χ1v) is 8.90. The Bertz CT molecular complexity index is 936. The maximum atomic E-state index is 12.3. The number of nitrogens with one attached hydrogen (secondary N) is 1. The Morgan fingerprint density at radius 2 is 1.87 bits per heavy atom. The van der Waals surface area contributed by atoms with Crippen LogP contribution in [0.3, 0.4) is 0 Å². The number of hydrogen-bond acceptors (Lipinski definition) is 8. The first-order chi connectivity index (χ1) is 14.5. The van der Waals surface area contributed by atoms with Gasteiger partial charge < -0.3 is 29.4 Å². The van der Waals surface area contributed by atoms with E-state index in [0.29, 0.717) is 28.6 Å². The topological polar surface area (TPSA) is 131 Å². The third-order valence-corrected chi connectivity index (χ3v) is 4.03. The third kappa shape index (κ3) is 4.90. The molecule has 10 heteroatoms. The maximum Gasteiger partial charge on any atom is 0.284 e. The van der Waals surface area contributed by atoms with Gasteiger partial charge in [-0.2, -0.15) is 5.10 Å². The quantitative estimate of drug-likeness (QED) is 0.483. The van der Waals surface area contributed by atoms with Crippen molar-refractivity contribution in [3.63, 3.8) is 0 Å². The van der Waals surface area contributed by atoms with E-state index in [2.05, 4.69) is 10.5 Å². The van der Waals surface area contributed by atoms with Gasteiger partial charge in [-0.1, -0.05) is 12.1 Å². The standard InChI is InChI=1S/C20H21N3O7/c1-26-15-7-12(8-16(27-2)19(15)29-11-18(21)24)9-22-23-20(25)17-10-28-13-5-3-4-6-14(13)30-17/h3-9,17H,10-11H2,1-2H3,(H2,21,24)(H,23,25)/b22-9-/t17-/m1/s1. The van der Waals surface area contributed by atoms with E-state index < -0.39 is 17.9 Å². The van der Waals surface area contributed by atoms with Gasteiger partial charge in [0.25, 0.3) is 11.8 Å². The van der Waals surface area contributed by atoms with Crippen molar-refractivity contribution in [3.8, 4) is 28.7 Å². The number of hydrogen-bond donors (Lipinski definition) is 2.